The molecule has 1 nitrogen and oxygen atoms in total. The maximum absolute atomic E-state index is 2.38. The molecule has 8 rings (SSSR count). The number of benzene rings is 6. The van der Waals surface area contributed by atoms with E-state index in [2.05, 4.69) is 164 Å². The summed E-state index contributed by atoms with van der Waals surface area (Å²) in [7, 11) is 0. The molecule has 6 aromatic carbocycles. The molecular formula is C40H31N. The number of aromatic nitrogens is 1. The average molecular weight is 526 g/mol. The summed E-state index contributed by atoms with van der Waals surface area (Å²) in [4.78, 5) is 0. The number of fused-ring (bicyclic) bond motifs is 6. The molecule has 196 valence electrons. The maximum Gasteiger partial charge on any atom is 0.0541 e. The van der Waals surface area contributed by atoms with Crippen molar-refractivity contribution in [1.82, 2.24) is 4.57 Å². The maximum atomic E-state index is 2.38. The molecule has 1 aliphatic rings. The van der Waals surface area contributed by atoms with Crippen LogP contribution in [0.2, 0.25) is 0 Å². The molecule has 0 atom stereocenters. The molecule has 0 spiro atoms. The molecular weight excluding hydrogens is 494 g/mol. The summed E-state index contributed by atoms with van der Waals surface area (Å²) in [6.07, 6.45) is 0. The van der Waals surface area contributed by atoms with Crippen molar-refractivity contribution in [3.63, 3.8) is 0 Å². The number of nitrogens with zero attached hydrogens (tertiary/aromatic N) is 1. The third-order valence-electron chi connectivity index (χ3n) is 9.23. The van der Waals surface area contributed by atoms with Crippen molar-refractivity contribution in [2.45, 2.75) is 25.2 Å². The third kappa shape index (κ3) is 3.62. The zero-order chi connectivity index (χ0) is 27.6. The number of hydrogen-bond acceptors (Lipinski definition) is 0. The van der Waals surface area contributed by atoms with Gasteiger partial charge in [0.1, 0.15) is 0 Å². The van der Waals surface area contributed by atoms with E-state index in [-0.39, 0.29) is 11.3 Å². The molecule has 0 N–H and O–H groups in total. The van der Waals surface area contributed by atoms with E-state index in [0.29, 0.717) is 0 Å². The first-order chi connectivity index (χ1) is 20.1. The number of hydrogen-bond donors (Lipinski definition) is 0. The summed E-state index contributed by atoms with van der Waals surface area (Å²) in [5, 5.41) is 2.58. The lowest BCUT2D eigenvalue weighted by Crippen LogP contribution is -2.19. The highest BCUT2D eigenvalue weighted by atomic mass is 15.0. The van der Waals surface area contributed by atoms with Crippen LogP contribution in [0.4, 0.5) is 0 Å². The molecule has 0 amide bonds. The lowest BCUT2D eigenvalue weighted by atomic mass is 9.77. The molecule has 1 heteroatoms. The van der Waals surface area contributed by atoms with Gasteiger partial charge in [0.25, 0.3) is 0 Å². The predicted octanol–water partition coefficient (Wildman–Crippen LogP) is 10.3. The van der Waals surface area contributed by atoms with Crippen molar-refractivity contribution >= 4 is 21.8 Å². The van der Waals surface area contributed by atoms with E-state index in [9.17, 15) is 0 Å². The molecule has 1 aliphatic carbocycles. The van der Waals surface area contributed by atoms with Gasteiger partial charge in [-0.05, 0) is 63.2 Å². The van der Waals surface area contributed by atoms with Crippen molar-refractivity contribution in [2.24, 2.45) is 0 Å². The monoisotopic (exact) mass is 525 g/mol. The fourth-order valence-electron chi connectivity index (χ4n) is 7.00. The van der Waals surface area contributed by atoms with Gasteiger partial charge >= 0.3 is 0 Å². The van der Waals surface area contributed by atoms with E-state index in [1.165, 1.54) is 66.4 Å². The van der Waals surface area contributed by atoms with Crippen LogP contribution in [-0.4, -0.2) is 4.57 Å². The molecule has 0 saturated carbocycles. The van der Waals surface area contributed by atoms with Gasteiger partial charge in [-0.2, -0.15) is 0 Å². The molecule has 0 saturated heterocycles. The fourth-order valence-corrected chi connectivity index (χ4v) is 7.00. The zero-order valence-corrected chi connectivity index (χ0v) is 23.4. The standard InChI is InChI=1S/C40H31N/c1-40(2,28-21-19-27(20-22-28)39-35-15-5-3-11-31(35)32-12-4-6-16-36(32)39)29-23-25-30(26-24-29)41-37-17-9-7-13-33(37)34-14-8-10-18-38(34)41/h3-26,39H,1-2H3. The van der Waals surface area contributed by atoms with E-state index >= 15 is 0 Å². The zero-order valence-electron chi connectivity index (χ0n) is 23.4. The Kier molecular flexibility index (Phi) is 5.30. The molecule has 1 aromatic heterocycles. The van der Waals surface area contributed by atoms with Gasteiger partial charge in [0.2, 0.25) is 0 Å². The molecule has 0 aliphatic heterocycles. The first-order valence-electron chi connectivity index (χ1n) is 14.5. The van der Waals surface area contributed by atoms with Gasteiger partial charge in [-0.25, -0.2) is 0 Å². The van der Waals surface area contributed by atoms with Gasteiger partial charge in [-0.15, -0.1) is 0 Å². The average Bonchev–Trinajstić information content (AvgIpc) is 3.54. The van der Waals surface area contributed by atoms with Crippen LogP contribution in [0, 0.1) is 0 Å². The number of para-hydroxylation sites is 2. The molecule has 7 aromatic rings. The van der Waals surface area contributed by atoms with Crippen LogP contribution in [0.1, 0.15) is 47.6 Å². The summed E-state index contributed by atoms with van der Waals surface area (Å²) in [6.45, 7) is 4.66. The Hall–Kier alpha value is -4.88. The Morgan fingerprint density at radius 3 is 1.44 bits per heavy atom. The first-order valence-corrected chi connectivity index (χ1v) is 14.5. The largest absolute Gasteiger partial charge is 0.309 e. The normalized spacial score (nSPS) is 13.0. The highest BCUT2D eigenvalue weighted by Gasteiger charge is 2.30. The van der Waals surface area contributed by atoms with Crippen LogP contribution in [0.25, 0.3) is 38.6 Å². The SMILES string of the molecule is CC(C)(c1ccc(C2c3ccccc3-c3ccccc32)cc1)c1ccc(-n2c3ccccc3c3ccccc32)cc1. The Labute approximate surface area is 241 Å². The van der Waals surface area contributed by atoms with E-state index in [1.54, 1.807) is 0 Å². The van der Waals surface area contributed by atoms with Gasteiger partial charge in [-0.3, -0.25) is 0 Å². The minimum atomic E-state index is -0.122. The van der Waals surface area contributed by atoms with Crippen molar-refractivity contribution in [3.8, 4) is 16.8 Å². The summed E-state index contributed by atoms with van der Waals surface area (Å²) >= 11 is 0. The van der Waals surface area contributed by atoms with Crippen LogP contribution < -0.4 is 0 Å². The lowest BCUT2D eigenvalue weighted by molar-refractivity contribution is 0.640. The molecule has 1 heterocycles. The van der Waals surface area contributed by atoms with E-state index in [4.69, 9.17) is 0 Å². The topological polar surface area (TPSA) is 4.93 Å². The van der Waals surface area contributed by atoms with Crippen LogP contribution in [0.5, 0.6) is 0 Å². The van der Waals surface area contributed by atoms with Gasteiger partial charge < -0.3 is 4.57 Å². The Morgan fingerprint density at radius 2 is 0.902 bits per heavy atom. The second-order valence-corrected chi connectivity index (χ2v) is 11.8. The fraction of sp³-hybridized carbons (Fsp3) is 0.100. The summed E-state index contributed by atoms with van der Waals surface area (Å²) in [5.74, 6) is 0.282. The van der Waals surface area contributed by atoms with E-state index in [1.807, 2.05) is 0 Å². The summed E-state index contributed by atoms with van der Waals surface area (Å²) in [5.41, 5.74) is 13.1. The molecule has 0 unspecified atom stereocenters. The van der Waals surface area contributed by atoms with Crippen molar-refractivity contribution in [1.29, 1.82) is 0 Å². The van der Waals surface area contributed by atoms with Crippen molar-refractivity contribution < 1.29 is 0 Å². The van der Waals surface area contributed by atoms with Gasteiger partial charge in [0.15, 0.2) is 0 Å². The van der Waals surface area contributed by atoms with Crippen LogP contribution in [0.3, 0.4) is 0 Å². The van der Waals surface area contributed by atoms with E-state index in [0.717, 1.165) is 0 Å². The lowest BCUT2D eigenvalue weighted by Gasteiger charge is -2.27. The highest BCUT2D eigenvalue weighted by molar-refractivity contribution is 6.09. The number of rotatable bonds is 4. The predicted molar refractivity (Wildman–Crippen MR) is 172 cm³/mol. The Morgan fingerprint density at radius 1 is 0.463 bits per heavy atom. The highest BCUT2D eigenvalue weighted by Crippen LogP contribution is 2.48. The summed E-state index contributed by atoms with van der Waals surface area (Å²) in [6, 6.07) is 53.6. The Balaban J connectivity index is 1.14. The quantitative estimate of drug-likeness (QED) is 0.215. The van der Waals surface area contributed by atoms with Gasteiger partial charge in [0.05, 0.1) is 11.0 Å². The molecule has 0 bridgehead atoms. The van der Waals surface area contributed by atoms with Crippen LogP contribution >= 0.6 is 0 Å². The molecule has 0 radical (unpaired) electrons. The van der Waals surface area contributed by atoms with Gasteiger partial charge in [-0.1, -0.05) is 135 Å². The van der Waals surface area contributed by atoms with E-state index < -0.39 is 0 Å². The minimum absolute atomic E-state index is 0.122. The molecule has 0 fully saturated rings. The van der Waals surface area contributed by atoms with Crippen molar-refractivity contribution in [3.05, 3.63) is 173 Å². The first kappa shape index (κ1) is 24.0. The smallest absolute Gasteiger partial charge is 0.0541 e. The van der Waals surface area contributed by atoms with Crippen molar-refractivity contribution in [2.75, 3.05) is 0 Å². The third-order valence-corrected chi connectivity index (χ3v) is 9.23. The second kappa shape index (κ2) is 9.08. The molecule has 41 heavy (non-hydrogen) atoms. The van der Waals surface area contributed by atoms with Crippen LogP contribution in [0.15, 0.2) is 146 Å². The summed E-state index contributed by atoms with van der Waals surface area (Å²) < 4.78 is 2.38. The Bertz CT molecular complexity index is 1960. The minimum Gasteiger partial charge on any atom is -0.309 e. The van der Waals surface area contributed by atoms with Gasteiger partial charge in [0, 0.05) is 27.8 Å². The second-order valence-electron chi connectivity index (χ2n) is 11.8. The van der Waals surface area contributed by atoms with Crippen LogP contribution in [-0.2, 0) is 5.41 Å².